The topological polar surface area (TPSA) is 45.2 Å². The van der Waals surface area contributed by atoms with Crippen molar-refractivity contribution in [3.05, 3.63) is 34.9 Å². The van der Waals surface area contributed by atoms with Crippen molar-refractivity contribution >= 4 is 38.4 Å². The molecule has 1 aliphatic heterocycles. The minimum atomic E-state index is 0.0732. The predicted molar refractivity (Wildman–Crippen MR) is 93.1 cm³/mol. The summed E-state index contributed by atoms with van der Waals surface area (Å²) in [6.07, 6.45) is 3.86. The smallest absolute Gasteiger partial charge is 0.224 e. The van der Waals surface area contributed by atoms with Crippen LogP contribution >= 0.6 is 15.9 Å². The minimum Gasteiger partial charge on any atom is -0.370 e. The number of amides is 1. The van der Waals surface area contributed by atoms with E-state index in [1.54, 1.807) is 0 Å². The minimum absolute atomic E-state index is 0.0732. The van der Waals surface area contributed by atoms with Crippen molar-refractivity contribution in [1.82, 2.24) is 10.3 Å². The van der Waals surface area contributed by atoms with Crippen LogP contribution < -0.4 is 10.2 Å². The predicted octanol–water partition coefficient (Wildman–Crippen LogP) is 3.35. The summed E-state index contributed by atoms with van der Waals surface area (Å²) in [5.41, 5.74) is 2.15. The maximum absolute atomic E-state index is 12.1. The van der Waals surface area contributed by atoms with E-state index >= 15 is 0 Å². The van der Waals surface area contributed by atoms with Gasteiger partial charge in [-0.15, -0.1) is 0 Å². The number of hydrogen-bond acceptors (Lipinski definition) is 3. The fourth-order valence-corrected chi connectivity index (χ4v) is 3.47. The van der Waals surface area contributed by atoms with Gasteiger partial charge >= 0.3 is 0 Å². The molecule has 1 amide bonds. The van der Waals surface area contributed by atoms with Crippen LogP contribution in [0.15, 0.2) is 34.9 Å². The lowest BCUT2D eigenvalue weighted by Gasteiger charge is -2.34. The number of hydrogen-bond donors (Lipinski definition) is 1. The largest absolute Gasteiger partial charge is 0.370 e. The number of piperidine rings is 1. The summed E-state index contributed by atoms with van der Waals surface area (Å²) in [5.74, 6) is 0.246. The molecule has 22 heavy (non-hydrogen) atoms. The molecule has 0 unspecified atom stereocenters. The summed E-state index contributed by atoms with van der Waals surface area (Å²) in [6.45, 7) is 4.42. The molecule has 0 saturated carbocycles. The number of pyridine rings is 1. The maximum atomic E-state index is 12.1. The molecular formula is C17H20BrN3O. The van der Waals surface area contributed by atoms with Crippen LogP contribution in [0.3, 0.4) is 0 Å². The third-order valence-electron chi connectivity index (χ3n) is 4.16. The van der Waals surface area contributed by atoms with Gasteiger partial charge in [0, 0.05) is 41.4 Å². The number of benzene rings is 1. The van der Waals surface area contributed by atoms with Crippen molar-refractivity contribution in [2.24, 2.45) is 5.92 Å². The van der Waals surface area contributed by atoms with Crippen LogP contribution in [0.4, 0.5) is 5.69 Å². The van der Waals surface area contributed by atoms with E-state index in [4.69, 9.17) is 0 Å². The molecule has 0 bridgehead atoms. The van der Waals surface area contributed by atoms with Gasteiger partial charge in [-0.3, -0.25) is 9.78 Å². The first-order valence-corrected chi connectivity index (χ1v) is 8.55. The molecule has 0 aliphatic carbocycles. The molecule has 4 nitrogen and oxygen atoms in total. The zero-order chi connectivity index (χ0) is 15.5. The Hall–Kier alpha value is -1.62. The Balaban J connectivity index is 1.90. The quantitative estimate of drug-likeness (QED) is 0.911. The van der Waals surface area contributed by atoms with Crippen molar-refractivity contribution < 1.29 is 4.79 Å². The van der Waals surface area contributed by atoms with E-state index in [0.29, 0.717) is 6.54 Å². The highest BCUT2D eigenvalue weighted by atomic mass is 79.9. The lowest BCUT2D eigenvalue weighted by atomic mass is 9.96. The van der Waals surface area contributed by atoms with Gasteiger partial charge in [-0.1, -0.05) is 15.9 Å². The van der Waals surface area contributed by atoms with Crippen LogP contribution in [0.5, 0.6) is 0 Å². The molecule has 1 aromatic heterocycles. The van der Waals surface area contributed by atoms with Gasteiger partial charge in [-0.25, -0.2) is 0 Å². The Morgan fingerprint density at radius 3 is 3.14 bits per heavy atom. The van der Waals surface area contributed by atoms with E-state index in [-0.39, 0.29) is 11.8 Å². The summed E-state index contributed by atoms with van der Waals surface area (Å²) in [6, 6.07) is 8.18. The Morgan fingerprint density at radius 1 is 1.45 bits per heavy atom. The van der Waals surface area contributed by atoms with E-state index in [1.165, 1.54) is 5.69 Å². The Kier molecular flexibility index (Phi) is 4.62. The number of fused-ring (bicyclic) bond motifs is 1. The monoisotopic (exact) mass is 361 g/mol. The van der Waals surface area contributed by atoms with Gasteiger partial charge in [0.05, 0.1) is 11.4 Å². The molecule has 1 aromatic carbocycles. The first-order chi connectivity index (χ1) is 10.7. The van der Waals surface area contributed by atoms with Crippen molar-refractivity contribution in [3.8, 4) is 0 Å². The fourth-order valence-electron chi connectivity index (χ4n) is 3.11. The van der Waals surface area contributed by atoms with Crippen LogP contribution in [-0.4, -0.2) is 30.5 Å². The molecule has 1 aliphatic rings. The first kappa shape index (κ1) is 15.3. The number of carbonyl (C=O) groups is 1. The van der Waals surface area contributed by atoms with Crippen molar-refractivity contribution in [2.75, 3.05) is 24.5 Å². The third-order valence-corrected chi connectivity index (χ3v) is 4.66. The van der Waals surface area contributed by atoms with E-state index < -0.39 is 0 Å². The highest BCUT2D eigenvalue weighted by Crippen LogP contribution is 2.31. The van der Waals surface area contributed by atoms with E-state index in [2.05, 4.69) is 43.3 Å². The highest BCUT2D eigenvalue weighted by Gasteiger charge is 2.26. The lowest BCUT2D eigenvalue weighted by Crippen LogP contribution is -2.43. The number of nitrogens with one attached hydrogen (secondary N) is 1. The Morgan fingerprint density at radius 2 is 2.32 bits per heavy atom. The average molecular weight is 362 g/mol. The summed E-state index contributed by atoms with van der Waals surface area (Å²) < 4.78 is 1.05. The third kappa shape index (κ3) is 3.09. The molecule has 1 saturated heterocycles. The molecule has 0 spiro atoms. The molecule has 116 valence electrons. The van der Waals surface area contributed by atoms with Gasteiger partial charge in [0.15, 0.2) is 0 Å². The maximum Gasteiger partial charge on any atom is 0.224 e. The van der Waals surface area contributed by atoms with Gasteiger partial charge in [0.25, 0.3) is 0 Å². The number of aromatic nitrogens is 1. The normalized spacial score (nSPS) is 18.5. The number of rotatable bonds is 3. The zero-order valence-corrected chi connectivity index (χ0v) is 14.3. The van der Waals surface area contributed by atoms with E-state index in [9.17, 15) is 4.79 Å². The molecule has 0 radical (unpaired) electrons. The fraction of sp³-hybridized carbons (Fsp3) is 0.412. The van der Waals surface area contributed by atoms with Crippen LogP contribution in [0.2, 0.25) is 0 Å². The van der Waals surface area contributed by atoms with Gasteiger partial charge in [-0.2, -0.15) is 0 Å². The van der Waals surface area contributed by atoms with Crippen LogP contribution in [0.1, 0.15) is 19.8 Å². The van der Waals surface area contributed by atoms with Crippen LogP contribution in [-0.2, 0) is 4.79 Å². The summed E-state index contributed by atoms with van der Waals surface area (Å²) in [4.78, 5) is 18.9. The molecule has 1 N–H and O–H groups in total. The van der Waals surface area contributed by atoms with Gasteiger partial charge in [-0.05, 0) is 44.0 Å². The molecule has 2 aromatic rings. The second-order valence-electron chi connectivity index (χ2n) is 5.67. The summed E-state index contributed by atoms with van der Waals surface area (Å²) in [7, 11) is 0. The zero-order valence-electron chi connectivity index (χ0n) is 12.7. The number of carbonyl (C=O) groups excluding carboxylic acids is 1. The van der Waals surface area contributed by atoms with Gasteiger partial charge < -0.3 is 10.2 Å². The Bertz CT molecular complexity index is 689. The molecule has 5 heteroatoms. The van der Waals surface area contributed by atoms with Crippen molar-refractivity contribution in [3.63, 3.8) is 0 Å². The lowest BCUT2D eigenvalue weighted by molar-refractivity contribution is -0.125. The highest BCUT2D eigenvalue weighted by molar-refractivity contribution is 9.10. The molecule has 1 atom stereocenters. The summed E-state index contributed by atoms with van der Waals surface area (Å²) in [5, 5.41) is 4.08. The molecule has 2 heterocycles. The van der Waals surface area contributed by atoms with Gasteiger partial charge in [0.1, 0.15) is 0 Å². The second kappa shape index (κ2) is 6.65. The standard InChI is InChI=1S/C17H20BrN3O/c1-2-19-17(22)12-4-3-9-21(11-12)16-7-8-20-15-6-5-13(18)10-14(15)16/h5-8,10,12H,2-4,9,11H2,1H3,(H,19,22)/t12-/m0/s1. The van der Waals surface area contributed by atoms with Gasteiger partial charge in [0.2, 0.25) is 5.91 Å². The van der Waals surface area contributed by atoms with E-state index in [0.717, 1.165) is 41.3 Å². The first-order valence-electron chi connectivity index (χ1n) is 7.76. The van der Waals surface area contributed by atoms with Crippen LogP contribution in [0.25, 0.3) is 10.9 Å². The summed E-state index contributed by atoms with van der Waals surface area (Å²) >= 11 is 3.54. The molecule has 1 fully saturated rings. The van der Waals surface area contributed by atoms with E-state index in [1.807, 2.05) is 25.3 Å². The van der Waals surface area contributed by atoms with Crippen molar-refractivity contribution in [2.45, 2.75) is 19.8 Å². The molecular weight excluding hydrogens is 342 g/mol. The SMILES string of the molecule is CCNC(=O)[C@H]1CCCN(c2ccnc3ccc(Br)cc23)C1. The number of nitrogens with zero attached hydrogens (tertiary/aromatic N) is 2. The second-order valence-corrected chi connectivity index (χ2v) is 6.59. The Labute approximate surface area is 139 Å². The van der Waals surface area contributed by atoms with Crippen LogP contribution in [0, 0.1) is 5.92 Å². The number of anilines is 1. The molecule has 3 rings (SSSR count). The number of halogens is 1. The van der Waals surface area contributed by atoms with Crippen molar-refractivity contribution in [1.29, 1.82) is 0 Å². The average Bonchev–Trinajstić information content (AvgIpc) is 2.54.